The second-order valence-electron chi connectivity index (χ2n) is 7.24. The van der Waals surface area contributed by atoms with Crippen molar-refractivity contribution in [2.45, 2.75) is 39.8 Å². The fourth-order valence-electron chi connectivity index (χ4n) is 3.40. The fourth-order valence-corrected chi connectivity index (χ4v) is 3.59. The third kappa shape index (κ3) is 5.57. The molecule has 1 saturated heterocycles. The van der Waals surface area contributed by atoms with Gasteiger partial charge < -0.3 is 20.3 Å². The Kier molecular flexibility index (Phi) is 7.41. The molecule has 1 amide bonds. The van der Waals surface area contributed by atoms with Crippen LogP contribution >= 0.6 is 12.2 Å². The molecule has 0 atom stereocenters. The molecule has 0 aliphatic carbocycles. The van der Waals surface area contributed by atoms with Crippen LogP contribution in [0.1, 0.15) is 46.8 Å². The van der Waals surface area contributed by atoms with Crippen molar-refractivity contribution in [3.05, 3.63) is 64.7 Å². The Morgan fingerprint density at radius 2 is 1.90 bits per heavy atom. The molecule has 1 aliphatic heterocycles. The van der Waals surface area contributed by atoms with Gasteiger partial charge in [-0.15, -0.1) is 0 Å². The van der Waals surface area contributed by atoms with Gasteiger partial charge in [-0.3, -0.25) is 4.79 Å². The number of anilines is 1. The van der Waals surface area contributed by atoms with Crippen LogP contribution in [0.3, 0.4) is 0 Å². The van der Waals surface area contributed by atoms with Crippen LogP contribution in [-0.2, 0) is 22.6 Å². The lowest BCUT2D eigenvalue weighted by Crippen LogP contribution is -2.28. The number of amides is 1. The van der Waals surface area contributed by atoms with Gasteiger partial charge in [-0.1, -0.05) is 30.3 Å². The standard InChI is InChI=1S/C23H27N3O3S/c1-3-29-22(28)19-6-4-7-20(16(19)2)25-23(30)24-14-17-9-11-18(12-10-17)15-26-13-5-8-21(26)27/h4,6-7,9-12H,3,5,8,13-15H2,1-2H3,(H2,24,25,30). The molecule has 0 saturated carbocycles. The van der Waals surface area contributed by atoms with Crippen LogP contribution in [0.25, 0.3) is 0 Å². The maximum absolute atomic E-state index is 12.0. The molecule has 2 aromatic rings. The third-order valence-electron chi connectivity index (χ3n) is 5.10. The lowest BCUT2D eigenvalue weighted by Gasteiger charge is -2.16. The van der Waals surface area contributed by atoms with Crippen LogP contribution in [-0.4, -0.2) is 35.0 Å². The number of carbonyl (C=O) groups excluding carboxylic acids is 2. The highest BCUT2D eigenvalue weighted by Gasteiger charge is 2.19. The number of hydrogen-bond acceptors (Lipinski definition) is 4. The summed E-state index contributed by atoms with van der Waals surface area (Å²) in [5.41, 5.74) is 4.30. The summed E-state index contributed by atoms with van der Waals surface area (Å²) >= 11 is 5.41. The molecule has 1 heterocycles. The summed E-state index contributed by atoms with van der Waals surface area (Å²) in [4.78, 5) is 25.7. The van der Waals surface area contributed by atoms with E-state index >= 15 is 0 Å². The molecule has 0 aromatic heterocycles. The minimum absolute atomic E-state index is 0.236. The first-order valence-corrected chi connectivity index (χ1v) is 10.6. The number of likely N-dealkylation sites (tertiary alicyclic amines) is 1. The van der Waals surface area contributed by atoms with Crippen molar-refractivity contribution < 1.29 is 14.3 Å². The molecule has 1 aliphatic rings. The lowest BCUT2D eigenvalue weighted by atomic mass is 10.1. The Balaban J connectivity index is 1.53. The first-order valence-electron chi connectivity index (χ1n) is 10.1. The maximum atomic E-state index is 12.0. The quantitative estimate of drug-likeness (QED) is 0.520. The average Bonchev–Trinajstić information content (AvgIpc) is 3.13. The van der Waals surface area contributed by atoms with Crippen LogP contribution in [0.4, 0.5) is 5.69 Å². The van der Waals surface area contributed by atoms with Crippen LogP contribution < -0.4 is 10.6 Å². The number of nitrogens with zero attached hydrogens (tertiary/aromatic N) is 1. The zero-order chi connectivity index (χ0) is 21.5. The average molecular weight is 426 g/mol. The number of thiocarbonyl (C=S) groups is 1. The van der Waals surface area contributed by atoms with E-state index in [1.807, 2.05) is 42.2 Å². The first kappa shape index (κ1) is 21.8. The topological polar surface area (TPSA) is 70.7 Å². The molecule has 0 unspecified atom stereocenters. The fraction of sp³-hybridized carbons (Fsp3) is 0.348. The van der Waals surface area contributed by atoms with Crippen molar-refractivity contribution in [1.29, 1.82) is 0 Å². The normalized spacial score (nSPS) is 13.3. The van der Waals surface area contributed by atoms with Crippen molar-refractivity contribution in [2.75, 3.05) is 18.5 Å². The molecule has 3 rings (SSSR count). The van der Waals surface area contributed by atoms with Crippen LogP contribution in [0.5, 0.6) is 0 Å². The second kappa shape index (κ2) is 10.2. The molecule has 0 spiro atoms. The van der Waals surface area contributed by atoms with Gasteiger partial charge in [0, 0.05) is 31.7 Å². The molecule has 2 aromatic carbocycles. The van der Waals surface area contributed by atoms with Gasteiger partial charge in [0.1, 0.15) is 0 Å². The van der Waals surface area contributed by atoms with E-state index in [0.29, 0.717) is 36.8 Å². The minimum atomic E-state index is -0.340. The highest BCUT2D eigenvalue weighted by atomic mass is 32.1. The Morgan fingerprint density at radius 1 is 1.17 bits per heavy atom. The maximum Gasteiger partial charge on any atom is 0.338 e. The van der Waals surface area contributed by atoms with E-state index in [1.54, 1.807) is 19.1 Å². The molecule has 0 radical (unpaired) electrons. The third-order valence-corrected chi connectivity index (χ3v) is 5.34. The van der Waals surface area contributed by atoms with E-state index in [-0.39, 0.29) is 11.9 Å². The predicted molar refractivity (Wildman–Crippen MR) is 121 cm³/mol. The monoisotopic (exact) mass is 425 g/mol. The first-order chi connectivity index (χ1) is 14.5. The van der Waals surface area contributed by atoms with Gasteiger partial charge >= 0.3 is 5.97 Å². The summed E-state index contributed by atoms with van der Waals surface area (Å²) in [6.45, 7) is 6.07. The Labute approximate surface area is 182 Å². The van der Waals surface area contributed by atoms with Gasteiger partial charge in [-0.25, -0.2) is 4.79 Å². The molecule has 6 nitrogen and oxygen atoms in total. The van der Waals surface area contributed by atoms with Crippen molar-refractivity contribution >= 4 is 34.9 Å². The van der Waals surface area contributed by atoms with Crippen LogP contribution in [0.15, 0.2) is 42.5 Å². The predicted octanol–water partition coefficient (Wildman–Crippen LogP) is 3.78. The Hall–Kier alpha value is -2.93. The van der Waals surface area contributed by atoms with Gasteiger partial charge in [0.2, 0.25) is 5.91 Å². The van der Waals surface area contributed by atoms with Gasteiger partial charge in [0.15, 0.2) is 5.11 Å². The number of esters is 1. The largest absolute Gasteiger partial charge is 0.462 e. The number of hydrogen-bond donors (Lipinski definition) is 2. The molecule has 158 valence electrons. The molecular formula is C23H27N3O3S. The zero-order valence-corrected chi connectivity index (χ0v) is 18.2. The number of benzene rings is 2. The zero-order valence-electron chi connectivity index (χ0n) is 17.4. The highest BCUT2D eigenvalue weighted by Crippen LogP contribution is 2.20. The number of carbonyl (C=O) groups is 2. The number of rotatable bonds is 7. The van der Waals surface area contributed by atoms with E-state index in [2.05, 4.69) is 10.6 Å². The summed E-state index contributed by atoms with van der Waals surface area (Å²) < 4.78 is 5.09. The van der Waals surface area contributed by atoms with Gasteiger partial charge in [-0.2, -0.15) is 0 Å². The molecular weight excluding hydrogens is 398 g/mol. The van der Waals surface area contributed by atoms with Crippen LogP contribution in [0, 0.1) is 6.92 Å². The summed E-state index contributed by atoms with van der Waals surface area (Å²) in [5.74, 6) is -0.104. The SMILES string of the molecule is CCOC(=O)c1cccc(NC(=S)NCc2ccc(CN3CCCC3=O)cc2)c1C. The molecule has 7 heteroatoms. The van der Waals surface area contributed by atoms with Crippen LogP contribution in [0.2, 0.25) is 0 Å². The Morgan fingerprint density at radius 3 is 2.57 bits per heavy atom. The van der Waals surface area contributed by atoms with Crippen molar-refractivity contribution in [2.24, 2.45) is 0 Å². The van der Waals surface area contributed by atoms with E-state index in [0.717, 1.165) is 35.3 Å². The van der Waals surface area contributed by atoms with Crippen molar-refractivity contribution in [3.63, 3.8) is 0 Å². The van der Waals surface area contributed by atoms with Crippen molar-refractivity contribution in [1.82, 2.24) is 10.2 Å². The number of ether oxygens (including phenoxy) is 1. The summed E-state index contributed by atoms with van der Waals surface area (Å²) in [5, 5.41) is 6.82. The smallest absolute Gasteiger partial charge is 0.338 e. The van der Waals surface area contributed by atoms with Crippen molar-refractivity contribution in [3.8, 4) is 0 Å². The summed E-state index contributed by atoms with van der Waals surface area (Å²) in [6, 6.07) is 13.6. The molecule has 30 heavy (non-hydrogen) atoms. The summed E-state index contributed by atoms with van der Waals surface area (Å²) in [6.07, 6.45) is 1.61. The van der Waals surface area contributed by atoms with Gasteiger partial charge in [0.05, 0.1) is 12.2 Å². The second-order valence-corrected chi connectivity index (χ2v) is 7.65. The van der Waals surface area contributed by atoms with E-state index in [9.17, 15) is 9.59 Å². The van der Waals surface area contributed by atoms with E-state index in [4.69, 9.17) is 17.0 Å². The van der Waals surface area contributed by atoms with Gasteiger partial charge in [-0.05, 0) is 61.3 Å². The van der Waals surface area contributed by atoms with E-state index in [1.165, 1.54) is 0 Å². The number of nitrogens with one attached hydrogen (secondary N) is 2. The lowest BCUT2D eigenvalue weighted by molar-refractivity contribution is -0.128. The Bertz CT molecular complexity index is 928. The molecule has 1 fully saturated rings. The highest BCUT2D eigenvalue weighted by molar-refractivity contribution is 7.80. The molecule has 2 N–H and O–H groups in total. The molecule has 0 bridgehead atoms. The van der Waals surface area contributed by atoms with E-state index < -0.39 is 0 Å². The van der Waals surface area contributed by atoms with Gasteiger partial charge in [0.25, 0.3) is 0 Å². The summed E-state index contributed by atoms with van der Waals surface area (Å²) in [7, 11) is 0. The minimum Gasteiger partial charge on any atom is -0.462 e.